The number of amides is 1. The fourth-order valence-electron chi connectivity index (χ4n) is 5.42. The number of methoxy groups -OCH3 is 1. The number of hydrogen-bond acceptors (Lipinski definition) is 9. The average molecular weight is 599 g/mol. The summed E-state index contributed by atoms with van der Waals surface area (Å²) < 4.78 is 23.6. The van der Waals surface area contributed by atoms with Gasteiger partial charge in [-0.05, 0) is 73.5 Å². The number of anilines is 1. The number of rotatable bonds is 9. The Hall–Kier alpha value is -4.83. The third kappa shape index (κ3) is 5.08. The van der Waals surface area contributed by atoms with Crippen LogP contribution >= 0.6 is 11.3 Å². The maximum Gasteiger partial charge on any atom is 0.301 e. The van der Waals surface area contributed by atoms with E-state index in [1.807, 2.05) is 19.9 Å². The molecular formula is C33H30N2O7S. The summed E-state index contributed by atoms with van der Waals surface area (Å²) in [5.41, 5.74) is 2.49. The number of carbonyl (C=O) groups excluding carboxylic acids is 2. The van der Waals surface area contributed by atoms with Crippen molar-refractivity contribution >= 4 is 44.1 Å². The summed E-state index contributed by atoms with van der Waals surface area (Å²) >= 11 is 1.26. The van der Waals surface area contributed by atoms with E-state index in [0.717, 1.165) is 16.0 Å². The molecule has 1 N–H and O–H groups in total. The summed E-state index contributed by atoms with van der Waals surface area (Å²) in [6, 6.07) is 14.9. The van der Waals surface area contributed by atoms with Crippen molar-refractivity contribution in [2.45, 2.75) is 32.4 Å². The largest absolute Gasteiger partial charge is 0.507 e. The van der Waals surface area contributed by atoms with E-state index in [9.17, 15) is 14.7 Å². The quantitative estimate of drug-likeness (QED) is 0.105. The minimum absolute atomic E-state index is 0.00875. The van der Waals surface area contributed by atoms with Gasteiger partial charge in [-0.2, -0.15) is 0 Å². The van der Waals surface area contributed by atoms with Crippen LogP contribution in [0.2, 0.25) is 0 Å². The van der Waals surface area contributed by atoms with Crippen LogP contribution in [-0.2, 0) is 16.0 Å². The SMILES string of the molecule is C=CCOc1ccc([C@@H]2/C(=C(\O)c3ccc4c(c3)C[C@@H](C)O4)C(=O)C(=O)N2c2nc3ccc(OC)cc3s2)cc1OCC. The minimum atomic E-state index is -0.987. The van der Waals surface area contributed by atoms with Gasteiger partial charge in [0.15, 0.2) is 16.6 Å². The zero-order chi connectivity index (χ0) is 30.2. The highest BCUT2D eigenvalue weighted by Crippen LogP contribution is 2.46. The normalized spacial score (nSPS) is 18.9. The van der Waals surface area contributed by atoms with Gasteiger partial charge in [0.2, 0.25) is 0 Å². The first kappa shape index (κ1) is 28.3. The number of thiazole rings is 1. The summed E-state index contributed by atoms with van der Waals surface area (Å²) in [6.07, 6.45) is 2.31. The molecule has 6 rings (SSSR count). The zero-order valence-corrected chi connectivity index (χ0v) is 24.8. The zero-order valence-electron chi connectivity index (χ0n) is 24.0. The molecule has 0 saturated carbocycles. The van der Waals surface area contributed by atoms with Crippen molar-refractivity contribution in [3.63, 3.8) is 0 Å². The summed E-state index contributed by atoms with van der Waals surface area (Å²) in [7, 11) is 1.58. The van der Waals surface area contributed by atoms with Crippen molar-refractivity contribution < 1.29 is 33.6 Å². The van der Waals surface area contributed by atoms with E-state index in [-0.39, 0.29) is 24.0 Å². The van der Waals surface area contributed by atoms with Crippen molar-refractivity contribution in [1.82, 2.24) is 4.98 Å². The van der Waals surface area contributed by atoms with Crippen LogP contribution in [0.1, 0.15) is 36.6 Å². The summed E-state index contributed by atoms with van der Waals surface area (Å²) in [5, 5.41) is 12.0. The standard InChI is InChI=1S/C33H30N2O7S/c1-5-13-41-25-12-7-19(16-26(25)40-6-2)29-28(30(36)20-8-11-24-21(15-20)14-18(3)42-24)31(37)32(38)35(29)33-34-23-10-9-22(39-4)17-27(23)43-33/h5,7-12,15-18,29,36H,1,6,13-14H2,2-4H3/b30-28+/t18-,29-/m1/s1. The number of aromatic nitrogens is 1. The van der Waals surface area contributed by atoms with Crippen LogP contribution in [-0.4, -0.2) is 48.2 Å². The first-order chi connectivity index (χ1) is 20.8. The van der Waals surface area contributed by atoms with Gasteiger partial charge < -0.3 is 24.1 Å². The van der Waals surface area contributed by atoms with E-state index in [4.69, 9.17) is 23.9 Å². The van der Waals surface area contributed by atoms with Gasteiger partial charge in [0, 0.05) is 12.0 Å². The molecule has 0 spiro atoms. The van der Waals surface area contributed by atoms with Gasteiger partial charge in [-0.25, -0.2) is 4.98 Å². The van der Waals surface area contributed by atoms with E-state index in [2.05, 4.69) is 6.58 Å². The molecule has 2 aliphatic rings. The molecule has 10 heteroatoms. The van der Waals surface area contributed by atoms with Crippen molar-refractivity contribution in [1.29, 1.82) is 0 Å². The van der Waals surface area contributed by atoms with Crippen LogP contribution in [0.3, 0.4) is 0 Å². The molecular weight excluding hydrogens is 568 g/mol. The first-order valence-corrected chi connectivity index (χ1v) is 14.7. The molecule has 0 aliphatic carbocycles. The molecule has 2 aliphatic heterocycles. The fraction of sp³-hybridized carbons (Fsp3) is 0.242. The highest BCUT2D eigenvalue weighted by Gasteiger charge is 2.48. The van der Waals surface area contributed by atoms with Crippen molar-refractivity contribution in [2.75, 3.05) is 25.2 Å². The van der Waals surface area contributed by atoms with E-state index in [1.54, 1.807) is 61.7 Å². The van der Waals surface area contributed by atoms with E-state index in [0.29, 0.717) is 52.1 Å². The van der Waals surface area contributed by atoms with E-state index >= 15 is 0 Å². The molecule has 220 valence electrons. The summed E-state index contributed by atoms with van der Waals surface area (Å²) in [4.78, 5) is 33.6. The molecule has 1 amide bonds. The average Bonchev–Trinajstić information content (AvgIpc) is 3.67. The smallest absolute Gasteiger partial charge is 0.301 e. The number of ketones is 1. The topological polar surface area (TPSA) is 107 Å². The predicted octanol–water partition coefficient (Wildman–Crippen LogP) is 6.22. The lowest BCUT2D eigenvalue weighted by Crippen LogP contribution is -2.29. The number of nitrogens with zero attached hydrogens (tertiary/aromatic N) is 2. The van der Waals surface area contributed by atoms with E-state index in [1.165, 1.54) is 16.2 Å². The van der Waals surface area contributed by atoms with Gasteiger partial charge in [-0.3, -0.25) is 14.5 Å². The van der Waals surface area contributed by atoms with Crippen LogP contribution in [0.5, 0.6) is 23.0 Å². The van der Waals surface area contributed by atoms with Crippen LogP contribution in [0.25, 0.3) is 16.0 Å². The number of carbonyl (C=O) groups is 2. The Kier molecular flexibility index (Phi) is 7.53. The van der Waals surface area contributed by atoms with Gasteiger partial charge in [0.25, 0.3) is 5.78 Å². The van der Waals surface area contributed by atoms with Gasteiger partial charge in [-0.1, -0.05) is 30.1 Å². The second kappa shape index (κ2) is 11.4. The van der Waals surface area contributed by atoms with Crippen molar-refractivity contribution in [3.05, 3.63) is 89.5 Å². The molecule has 1 fully saturated rings. The minimum Gasteiger partial charge on any atom is -0.507 e. The number of aliphatic hydroxyl groups excluding tert-OH is 1. The molecule has 43 heavy (non-hydrogen) atoms. The van der Waals surface area contributed by atoms with Crippen molar-refractivity contribution in [3.8, 4) is 23.0 Å². The molecule has 1 aromatic heterocycles. The highest BCUT2D eigenvalue weighted by molar-refractivity contribution is 7.22. The Morgan fingerprint density at radius 1 is 1.14 bits per heavy atom. The molecule has 0 unspecified atom stereocenters. The van der Waals surface area contributed by atoms with Crippen LogP contribution in [0.15, 0.2) is 72.8 Å². The molecule has 4 aromatic rings. The Balaban J connectivity index is 1.53. The second-order valence-corrected chi connectivity index (χ2v) is 11.2. The maximum absolute atomic E-state index is 13.8. The van der Waals surface area contributed by atoms with Crippen LogP contribution < -0.4 is 23.8 Å². The third-order valence-corrected chi connectivity index (χ3v) is 8.36. The van der Waals surface area contributed by atoms with Gasteiger partial charge in [0.05, 0.1) is 35.5 Å². The lowest BCUT2D eigenvalue weighted by atomic mass is 9.94. The number of aliphatic hydroxyl groups is 1. The molecule has 9 nitrogen and oxygen atoms in total. The van der Waals surface area contributed by atoms with E-state index < -0.39 is 17.7 Å². The number of ether oxygens (including phenoxy) is 4. The lowest BCUT2D eigenvalue weighted by molar-refractivity contribution is -0.132. The van der Waals surface area contributed by atoms with Gasteiger partial charge >= 0.3 is 5.91 Å². The Morgan fingerprint density at radius 3 is 2.74 bits per heavy atom. The second-order valence-electron chi connectivity index (χ2n) is 10.2. The number of benzene rings is 3. The first-order valence-electron chi connectivity index (χ1n) is 13.9. The maximum atomic E-state index is 13.8. The van der Waals surface area contributed by atoms with Gasteiger partial charge in [0.1, 0.15) is 30.0 Å². The van der Waals surface area contributed by atoms with Gasteiger partial charge in [-0.15, -0.1) is 0 Å². The Labute approximate surface area is 252 Å². The monoisotopic (exact) mass is 598 g/mol. The molecule has 3 aromatic carbocycles. The predicted molar refractivity (Wildman–Crippen MR) is 164 cm³/mol. The Morgan fingerprint density at radius 2 is 1.98 bits per heavy atom. The molecule has 0 bridgehead atoms. The molecule has 1 saturated heterocycles. The fourth-order valence-corrected chi connectivity index (χ4v) is 6.44. The number of Topliss-reactive ketones (excluding diaryl/α,β-unsaturated/α-hetero) is 1. The number of hydrogen-bond donors (Lipinski definition) is 1. The third-order valence-electron chi connectivity index (χ3n) is 7.34. The molecule has 2 atom stereocenters. The van der Waals surface area contributed by atoms with Crippen LogP contribution in [0.4, 0.5) is 5.13 Å². The Bertz CT molecular complexity index is 1790. The number of fused-ring (bicyclic) bond motifs is 2. The molecule has 3 heterocycles. The lowest BCUT2D eigenvalue weighted by Gasteiger charge is -2.24. The van der Waals surface area contributed by atoms with Crippen molar-refractivity contribution in [2.24, 2.45) is 0 Å². The summed E-state index contributed by atoms with van der Waals surface area (Å²) in [5.74, 6) is 0.429. The summed E-state index contributed by atoms with van der Waals surface area (Å²) in [6.45, 7) is 8.16. The highest BCUT2D eigenvalue weighted by atomic mass is 32.1. The van der Waals surface area contributed by atoms with Crippen LogP contribution in [0, 0.1) is 0 Å². The molecule has 0 radical (unpaired) electrons.